The van der Waals surface area contributed by atoms with E-state index in [2.05, 4.69) is 10.4 Å². The Morgan fingerprint density at radius 1 is 1.11 bits per heavy atom. The van der Waals surface area contributed by atoms with Crippen molar-refractivity contribution in [1.82, 2.24) is 19.7 Å². The molecule has 8 nitrogen and oxygen atoms in total. The molecule has 1 saturated heterocycles. The number of hydrogen-bond acceptors (Lipinski definition) is 5. The molecule has 0 bridgehead atoms. The van der Waals surface area contributed by atoms with E-state index in [9.17, 15) is 31.9 Å². The SMILES string of the molecule is O=C(NCC1CCCO1)c1nn(-c2ccccc2F)c(=O)n(Cc2ccc(C(F)(F)F)cc2)c1=O. The average molecular weight is 492 g/mol. The summed E-state index contributed by atoms with van der Waals surface area (Å²) in [6.45, 7) is 0.202. The lowest BCUT2D eigenvalue weighted by atomic mass is 10.1. The molecule has 4 rings (SSSR count). The molecule has 1 N–H and O–H groups in total. The van der Waals surface area contributed by atoms with Crippen LogP contribution in [0.15, 0.2) is 58.1 Å². The second-order valence-corrected chi connectivity index (χ2v) is 7.93. The third-order valence-corrected chi connectivity index (χ3v) is 5.49. The summed E-state index contributed by atoms with van der Waals surface area (Å²) in [7, 11) is 0. The van der Waals surface area contributed by atoms with Gasteiger partial charge in [0.2, 0.25) is 5.69 Å². The van der Waals surface area contributed by atoms with Crippen LogP contribution < -0.4 is 16.6 Å². The lowest BCUT2D eigenvalue weighted by Gasteiger charge is -2.14. The highest BCUT2D eigenvalue weighted by Gasteiger charge is 2.30. The van der Waals surface area contributed by atoms with E-state index in [-0.39, 0.29) is 23.9 Å². The van der Waals surface area contributed by atoms with Crippen molar-refractivity contribution in [2.75, 3.05) is 13.2 Å². The Balaban J connectivity index is 1.75. The van der Waals surface area contributed by atoms with Crippen molar-refractivity contribution < 1.29 is 27.1 Å². The van der Waals surface area contributed by atoms with Gasteiger partial charge in [0.15, 0.2) is 0 Å². The minimum atomic E-state index is -4.56. The zero-order valence-corrected chi connectivity index (χ0v) is 18.2. The summed E-state index contributed by atoms with van der Waals surface area (Å²) in [6.07, 6.45) is -3.24. The number of nitrogens with one attached hydrogen (secondary N) is 1. The van der Waals surface area contributed by atoms with Crippen LogP contribution in [0.1, 0.15) is 34.5 Å². The quantitative estimate of drug-likeness (QED) is 0.534. The maximum atomic E-state index is 14.4. The van der Waals surface area contributed by atoms with Crippen molar-refractivity contribution in [3.8, 4) is 5.69 Å². The number of rotatable bonds is 6. The normalized spacial score (nSPS) is 15.8. The number of amides is 1. The molecule has 12 heteroatoms. The first-order chi connectivity index (χ1) is 16.6. The second kappa shape index (κ2) is 9.82. The molecule has 1 aromatic heterocycles. The summed E-state index contributed by atoms with van der Waals surface area (Å²) in [5, 5.41) is 6.36. The zero-order chi connectivity index (χ0) is 25.2. The number of halogens is 4. The number of alkyl halides is 3. The summed E-state index contributed by atoms with van der Waals surface area (Å²) < 4.78 is 59.7. The lowest BCUT2D eigenvalue weighted by Crippen LogP contribution is -2.46. The van der Waals surface area contributed by atoms with Crippen LogP contribution >= 0.6 is 0 Å². The first-order valence-electron chi connectivity index (χ1n) is 10.7. The fourth-order valence-electron chi connectivity index (χ4n) is 3.65. The van der Waals surface area contributed by atoms with Crippen LogP contribution in [-0.2, 0) is 17.5 Å². The third kappa shape index (κ3) is 5.32. The predicted molar refractivity (Wildman–Crippen MR) is 116 cm³/mol. The standard InChI is InChI=1S/C23H20F4N4O4/c24-17-5-1-2-6-18(17)31-22(34)30(13-14-7-9-15(10-8-14)23(25,26)27)21(33)19(29-31)20(32)28-12-16-4-3-11-35-16/h1-2,5-10,16H,3-4,11-13H2,(H,28,32). The van der Waals surface area contributed by atoms with E-state index in [4.69, 9.17) is 4.74 Å². The van der Waals surface area contributed by atoms with Crippen molar-refractivity contribution in [3.05, 3.63) is 92.0 Å². The molecule has 0 spiro atoms. The van der Waals surface area contributed by atoms with Crippen LogP contribution in [0.2, 0.25) is 0 Å². The molecule has 1 fully saturated rings. The van der Waals surface area contributed by atoms with E-state index in [1.54, 1.807) is 0 Å². The van der Waals surface area contributed by atoms with Crippen molar-refractivity contribution >= 4 is 5.91 Å². The highest BCUT2D eigenvalue weighted by Crippen LogP contribution is 2.29. The Kier molecular flexibility index (Phi) is 6.83. The lowest BCUT2D eigenvalue weighted by molar-refractivity contribution is -0.137. The molecule has 1 atom stereocenters. The summed E-state index contributed by atoms with van der Waals surface area (Å²) in [5.74, 6) is -1.72. The molecule has 1 amide bonds. The Bertz CT molecular complexity index is 1340. The number of nitrogens with zero attached hydrogens (tertiary/aromatic N) is 3. The van der Waals surface area contributed by atoms with Crippen LogP contribution in [0.3, 0.4) is 0 Å². The van der Waals surface area contributed by atoms with Gasteiger partial charge in [0.25, 0.3) is 11.5 Å². The summed E-state index contributed by atoms with van der Waals surface area (Å²) in [5.41, 5.74) is -3.80. The maximum Gasteiger partial charge on any atom is 0.416 e. The van der Waals surface area contributed by atoms with Crippen molar-refractivity contribution in [2.45, 2.75) is 31.7 Å². The number of aromatic nitrogens is 3. The summed E-state index contributed by atoms with van der Waals surface area (Å²) in [6, 6.07) is 8.99. The average Bonchev–Trinajstić information content (AvgIpc) is 3.34. The largest absolute Gasteiger partial charge is 0.416 e. The van der Waals surface area contributed by atoms with Crippen molar-refractivity contribution in [1.29, 1.82) is 0 Å². The second-order valence-electron chi connectivity index (χ2n) is 7.93. The number of ether oxygens (including phenoxy) is 1. The molecule has 2 heterocycles. The molecule has 184 valence electrons. The van der Waals surface area contributed by atoms with Crippen molar-refractivity contribution in [2.24, 2.45) is 0 Å². The van der Waals surface area contributed by atoms with E-state index >= 15 is 0 Å². The summed E-state index contributed by atoms with van der Waals surface area (Å²) >= 11 is 0. The van der Waals surface area contributed by atoms with Gasteiger partial charge in [-0.2, -0.15) is 23.0 Å². The van der Waals surface area contributed by atoms with Gasteiger partial charge in [0, 0.05) is 13.2 Å². The first kappa shape index (κ1) is 24.3. The van der Waals surface area contributed by atoms with Crippen LogP contribution in [0.5, 0.6) is 0 Å². The Morgan fingerprint density at radius 3 is 2.46 bits per heavy atom. The van der Waals surface area contributed by atoms with E-state index < -0.39 is 47.0 Å². The Hall–Kier alpha value is -3.80. The first-order valence-corrected chi connectivity index (χ1v) is 10.7. The molecule has 1 aliphatic heterocycles. The van der Waals surface area contributed by atoms with Crippen LogP contribution in [0.4, 0.5) is 17.6 Å². The fraction of sp³-hybridized carbons (Fsp3) is 0.304. The number of carbonyl (C=O) groups excluding carboxylic acids is 1. The van der Waals surface area contributed by atoms with Crippen molar-refractivity contribution in [3.63, 3.8) is 0 Å². The Morgan fingerprint density at radius 2 is 1.83 bits per heavy atom. The van der Waals surface area contributed by atoms with Gasteiger partial charge in [-0.15, -0.1) is 0 Å². The molecule has 1 unspecified atom stereocenters. The molecule has 0 aliphatic carbocycles. The molecule has 3 aromatic rings. The van der Waals surface area contributed by atoms with Crippen LogP contribution in [-0.4, -0.2) is 39.5 Å². The van der Waals surface area contributed by atoms with Gasteiger partial charge in [0.1, 0.15) is 11.5 Å². The molecule has 0 saturated carbocycles. The Labute approximate surface area is 195 Å². The molecule has 0 radical (unpaired) electrons. The number of hydrogen-bond donors (Lipinski definition) is 1. The van der Waals surface area contributed by atoms with Crippen LogP contribution in [0.25, 0.3) is 5.69 Å². The van der Waals surface area contributed by atoms with Crippen LogP contribution in [0, 0.1) is 5.82 Å². The number of para-hydroxylation sites is 1. The number of carbonyl (C=O) groups is 1. The zero-order valence-electron chi connectivity index (χ0n) is 18.2. The number of benzene rings is 2. The topological polar surface area (TPSA) is 95.2 Å². The van der Waals surface area contributed by atoms with E-state index in [0.29, 0.717) is 15.9 Å². The predicted octanol–water partition coefficient (Wildman–Crippen LogP) is 2.51. The van der Waals surface area contributed by atoms with Gasteiger partial charge in [0.05, 0.1) is 18.2 Å². The molecule has 35 heavy (non-hydrogen) atoms. The third-order valence-electron chi connectivity index (χ3n) is 5.49. The van der Waals surface area contributed by atoms with Gasteiger partial charge < -0.3 is 10.1 Å². The van der Waals surface area contributed by atoms with Gasteiger partial charge >= 0.3 is 11.9 Å². The summed E-state index contributed by atoms with van der Waals surface area (Å²) in [4.78, 5) is 38.9. The van der Waals surface area contributed by atoms with E-state index in [0.717, 1.165) is 43.2 Å². The molecule has 1 aliphatic rings. The monoisotopic (exact) mass is 492 g/mol. The van der Waals surface area contributed by atoms with E-state index in [1.165, 1.54) is 18.2 Å². The van der Waals surface area contributed by atoms with Gasteiger partial charge in [-0.25, -0.2) is 9.18 Å². The van der Waals surface area contributed by atoms with Gasteiger partial charge in [-0.1, -0.05) is 24.3 Å². The maximum absolute atomic E-state index is 14.4. The fourth-order valence-corrected chi connectivity index (χ4v) is 3.65. The highest BCUT2D eigenvalue weighted by molar-refractivity contribution is 5.91. The van der Waals surface area contributed by atoms with Gasteiger partial charge in [-0.05, 0) is 42.7 Å². The molecular formula is C23H20F4N4O4. The molecule has 2 aromatic carbocycles. The minimum absolute atomic E-state index is 0.109. The minimum Gasteiger partial charge on any atom is -0.376 e. The van der Waals surface area contributed by atoms with E-state index in [1.807, 2.05) is 0 Å². The molecular weight excluding hydrogens is 472 g/mol. The van der Waals surface area contributed by atoms with Gasteiger partial charge in [-0.3, -0.25) is 14.2 Å². The highest BCUT2D eigenvalue weighted by atomic mass is 19.4. The smallest absolute Gasteiger partial charge is 0.376 e.